The second kappa shape index (κ2) is 4.47. The van der Waals surface area contributed by atoms with E-state index in [0.717, 1.165) is 18.8 Å². The van der Waals surface area contributed by atoms with Crippen LogP contribution in [0.2, 0.25) is 0 Å². The van der Waals surface area contributed by atoms with Crippen molar-refractivity contribution in [3.8, 4) is 0 Å². The van der Waals surface area contributed by atoms with Crippen molar-refractivity contribution in [1.29, 1.82) is 0 Å². The van der Waals surface area contributed by atoms with Crippen molar-refractivity contribution < 1.29 is 14.3 Å². The summed E-state index contributed by atoms with van der Waals surface area (Å²) in [6.07, 6.45) is 1.17. The van der Waals surface area contributed by atoms with Crippen LogP contribution in [0.4, 0.5) is 0 Å². The Bertz CT molecular complexity index is 291. The van der Waals surface area contributed by atoms with Gasteiger partial charge in [0.25, 0.3) is 0 Å². The van der Waals surface area contributed by atoms with Gasteiger partial charge >= 0.3 is 0 Å². The van der Waals surface area contributed by atoms with Crippen molar-refractivity contribution in [3.05, 3.63) is 22.6 Å². The van der Waals surface area contributed by atoms with Gasteiger partial charge in [-0.1, -0.05) is 0 Å². The third kappa shape index (κ3) is 2.38. The zero-order valence-electron chi connectivity index (χ0n) is 7.78. The molecule has 0 radical (unpaired) electrons. The number of halogens is 1. The summed E-state index contributed by atoms with van der Waals surface area (Å²) in [5.74, 6) is 1.08. The molecule has 0 aromatic carbocycles. The smallest absolute Gasteiger partial charge is 0.169 e. The van der Waals surface area contributed by atoms with Gasteiger partial charge in [0, 0.05) is 18.9 Å². The topological polar surface area (TPSA) is 42.6 Å². The number of hydrogen-bond acceptors (Lipinski definition) is 3. The molecule has 0 bridgehead atoms. The summed E-state index contributed by atoms with van der Waals surface area (Å²) in [7, 11) is 0. The monoisotopic (exact) mass is 260 g/mol. The van der Waals surface area contributed by atoms with Crippen molar-refractivity contribution >= 4 is 15.9 Å². The van der Waals surface area contributed by atoms with Gasteiger partial charge < -0.3 is 14.3 Å². The summed E-state index contributed by atoms with van der Waals surface area (Å²) in [6, 6.07) is 3.72. The molecule has 1 aliphatic rings. The Morgan fingerprint density at radius 3 is 3.00 bits per heavy atom. The van der Waals surface area contributed by atoms with Crippen LogP contribution >= 0.6 is 15.9 Å². The molecule has 0 amide bonds. The van der Waals surface area contributed by atoms with Crippen LogP contribution in [0.25, 0.3) is 0 Å². The molecular formula is C10H13BrO3. The molecule has 2 atom stereocenters. The lowest BCUT2D eigenvalue weighted by molar-refractivity contribution is 0.0875. The predicted octanol–water partition coefficient (Wildman–Crippen LogP) is 1.98. The SMILES string of the molecule is OC(Cc1ccc(Br)o1)C1CCOC1. The van der Waals surface area contributed by atoms with Crippen molar-refractivity contribution in [2.75, 3.05) is 13.2 Å². The molecule has 1 saturated heterocycles. The molecule has 0 aliphatic carbocycles. The van der Waals surface area contributed by atoms with Crippen molar-refractivity contribution in [3.63, 3.8) is 0 Å². The number of rotatable bonds is 3. The van der Waals surface area contributed by atoms with Crippen LogP contribution in [0.3, 0.4) is 0 Å². The Morgan fingerprint density at radius 2 is 2.43 bits per heavy atom. The Hall–Kier alpha value is -0.320. The summed E-state index contributed by atoms with van der Waals surface area (Å²) in [4.78, 5) is 0. The summed E-state index contributed by atoms with van der Waals surface area (Å²) < 4.78 is 11.3. The molecule has 0 spiro atoms. The molecule has 14 heavy (non-hydrogen) atoms. The second-order valence-corrected chi connectivity index (χ2v) is 4.38. The lowest BCUT2D eigenvalue weighted by Gasteiger charge is -2.14. The maximum atomic E-state index is 9.86. The molecule has 4 heteroatoms. The molecular weight excluding hydrogens is 248 g/mol. The Morgan fingerprint density at radius 1 is 1.57 bits per heavy atom. The predicted molar refractivity (Wildman–Crippen MR) is 55.0 cm³/mol. The number of aliphatic hydroxyl groups excluding tert-OH is 1. The maximum Gasteiger partial charge on any atom is 0.169 e. The number of ether oxygens (including phenoxy) is 1. The van der Waals surface area contributed by atoms with Crippen LogP contribution in [0, 0.1) is 5.92 Å². The van der Waals surface area contributed by atoms with Crippen molar-refractivity contribution in [2.45, 2.75) is 18.9 Å². The minimum Gasteiger partial charge on any atom is -0.454 e. The third-order valence-electron chi connectivity index (χ3n) is 2.55. The van der Waals surface area contributed by atoms with Gasteiger partial charge in [0.2, 0.25) is 0 Å². The zero-order chi connectivity index (χ0) is 9.97. The maximum absolute atomic E-state index is 9.86. The summed E-state index contributed by atoms with van der Waals surface area (Å²) in [6.45, 7) is 1.44. The molecule has 2 rings (SSSR count). The van der Waals surface area contributed by atoms with Gasteiger partial charge in [-0.15, -0.1) is 0 Å². The van der Waals surface area contributed by atoms with Crippen molar-refractivity contribution in [1.82, 2.24) is 0 Å². The van der Waals surface area contributed by atoms with Gasteiger partial charge in [-0.2, -0.15) is 0 Å². The molecule has 1 N–H and O–H groups in total. The molecule has 1 fully saturated rings. The molecule has 0 saturated carbocycles. The molecule has 2 heterocycles. The molecule has 1 aliphatic heterocycles. The average Bonchev–Trinajstić information content (AvgIpc) is 2.75. The molecule has 3 nitrogen and oxygen atoms in total. The highest BCUT2D eigenvalue weighted by molar-refractivity contribution is 9.10. The number of hydrogen-bond donors (Lipinski definition) is 1. The van der Waals surface area contributed by atoms with Crippen LogP contribution in [-0.4, -0.2) is 24.4 Å². The van der Waals surface area contributed by atoms with E-state index in [0.29, 0.717) is 17.7 Å². The average molecular weight is 261 g/mol. The van der Waals surface area contributed by atoms with Gasteiger partial charge in [-0.05, 0) is 34.5 Å². The summed E-state index contributed by atoms with van der Waals surface area (Å²) in [5, 5.41) is 9.86. The van der Waals surface area contributed by atoms with E-state index in [1.807, 2.05) is 12.1 Å². The fourth-order valence-electron chi connectivity index (χ4n) is 1.69. The van der Waals surface area contributed by atoms with E-state index < -0.39 is 0 Å². The van der Waals surface area contributed by atoms with E-state index in [1.165, 1.54) is 0 Å². The van der Waals surface area contributed by atoms with Gasteiger partial charge in [0.05, 0.1) is 12.7 Å². The van der Waals surface area contributed by atoms with Gasteiger partial charge in [0.15, 0.2) is 4.67 Å². The van der Waals surface area contributed by atoms with E-state index in [-0.39, 0.29) is 12.0 Å². The molecule has 2 unspecified atom stereocenters. The van der Waals surface area contributed by atoms with Gasteiger partial charge in [0.1, 0.15) is 5.76 Å². The summed E-state index contributed by atoms with van der Waals surface area (Å²) >= 11 is 3.23. The highest BCUT2D eigenvalue weighted by Crippen LogP contribution is 2.22. The quantitative estimate of drug-likeness (QED) is 0.904. The van der Waals surface area contributed by atoms with Crippen LogP contribution in [0.5, 0.6) is 0 Å². The van der Waals surface area contributed by atoms with Gasteiger partial charge in [-0.25, -0.2) is 0 Å². The third-order valence-corrected chi connectivity index (χ3v) is 2.97. The van der Waals surface area contributed by atoms with Gasteiger partial charge in [-0.3, -0.25) is 0 Å². The fraction of sp³-hybridized carbons (Fsp3) is 0.600. The Kier molecular flexibility index (Phi) is 3.26. The van der Waals surface area contributed by atoms with Crippen LogP contribution in [0.1, 0.15) is 12.2 Å². The van der Waals surface area contributed by atoms with E-state index in [4.69, 9.17) is 9.15 Å². The number of aliphatic hydroxyl groups is 1. The largest absolute Gasteiger partial charge is 0.454 e. The molecule has 1 aromatic rings. The first kappa shape index (κ1) is 10.2. The van der Waals surface area contributed by atoms with E-state index in [1.54, 1.807) is 0 Å². The Balaban J connectivity index is 1.90. The van der Waals surface area contributed by atoms with E-state index in [2.05, 4.69) is 15.9 Å². The standard InChI is InChI=1S/C10H13BrO3/c11-10-2-1-8(14-10)5-9(12)7-3-4-13-6-7/h1-2,7,9,12H,3-6H2. The first-order valence-electron chi connectivity index (χ1n) is 4.76. The Labute approximate surface area is 91.2 Å². The van der Waals surface area contributed by atoms with Crippen molar-refractivity contribution in [2.24, 2.45) is 5.92 Å². The van der Waals surface area contributed by atoms with Crippen LogP contribution in [0.15, 0.2) is 21.2 Å². The van der Waals surface area contributed by atoms with E-state index >= 15 is 0 Å². The lowest BCUT2D eigenvalue weighted by atomic mass is 9.98. The first-order valence-corrected chi connectivity index (χ1v) is 5.55. The second-order valence-electron chi connectivity index (χ2n) is 3.60. The minimum atomic E-state index is -0.351. The normalized spacial score (nSPS) is 24.0. The fourth-order valence-corrected chi connectivity index (χ4v) is 2.03. The van der Waals surface area contributed by atoms with E-state index in [9.17, 15) is 5.11 Å². The summed E-state index contributed by atoms with van der Waals surface area (Å²) in [5.41, 5.74) is 0. The lowest BCUT2D eigenvalue weighted by Crippen LogP contribution is -2.22. The van der Waals surface area contributed by atoms with Crippen LogP contribution in [-0.2, 0) is 11.2 Å². The first-order chi connectivity index (χ1) is 6.75. The minimum absolute atomic E-state index is 0.263. The highest BCUT2D eigenvalue weighted by atomic mass is 79.9. The molecule has 78 valence electrons. The van der Waals surface area contributed by atoms with Crippen LogP contribution < -0.4 is 0 Å². The number of furan rings is 1. The molecule has 1 aromatic heterocycles. The zero-order valence-corrected chi connectivity index (χ0v) is 9.37. The highest BCUT2D eigenvalue weighted by Gasteiger charge is 2.24.